The van der Waals surface area contributed by atoms with Crippen molar-refractivity contribution < 1.29 is 9.18 Å². The predicted octanol–water partition coefficient (Wildman–Crippen LogP) is 1.96. The first-order chi connectivity index (χ1) is 8.16. The first-order valence-corrected chi connectivity index (χ1v) is 5.89. The van der Waals surface area contributed by atoms with Crippen LogP contribution < -0.4 is 5.32 Å². The Balaban J connectivity index is 0.00000162. The Morgan fingerprint density at radius 1 is 1.44 bits per heavy atom. The molecule has 1 heterocycles. The van der Waals surface area contributed by atoms with Crippen LogP contribution in [0.2, 0.25) is 0 Å². The number of nitrogens with zero attached hydrogens (tertiary/aromatic N) is 1. The van der Waals surface area contributed by atoms with Gasteiger partial charge < -0.3 is 10.2 Å². The third-order valence-corrected chi connectivity index (χ3v) is 3.07. The largest absolute Gasteiger partial charge is 0.340 e. The Hall–Kier alpha value is -1.13. The van der Waals surface area contributed by atoms with Crippen molar-refractivity contribution in [3.8, 4) is 0 Å². The minimum absolute atomic E-state index is 0. The number of halogens is 2. The molecule has 100 valence electrons. The van der Waals surface area contributed by atoms with Crippen molar-refractivity contribution in [3.63, 3.8) is 0 Å². The van der Waals surface area contributed by atoms with Crippen molar-refractivity contribution >= 4 is 18.3 Å². The molecule has 0 radical (unpaired) electrons. The molecular weight excluding hydrogens is 255 g/mol. The fourth-order valence-corrected chi connectivity index (χ4v) is 2.10. The van der Waals surface area contributed by atoms with Gasteiger partial charge in [-0.3, -0.25) is 4.79 Å². The summed E-state index contributed by atoms with van der Waals surface area (Å²) in [4.78, 5) is 13.7. The zero-order valence-electron chi connectivity index (χ0n) is 10.4. The van der Waals surface area contributed by atoms with E-state index in [1.165, 1.54) is 12.1 Å². The molecule has 1 atom stereocenters. The molecule has 0 aliphatic carbocycles. The van der Waals surface area contributed by atoms with Gasteiger partial charge in [0.25, 0.3) is 0 Å². The molecule has 1 N–H and O–H groups in total. The second kappa shape index (κ2) is 6.71. The molecule has 3 nitrogen and oxygen atoms in total. The minimum atomic E-state index is -0.250. The first kappa shape index (κ1) is 14.9. The fraction of sp³-hybridized carbons (Fsp3) is 0.462. The van der Waals surface area contributed by atoms with Gasteiger partial charge in [-0.25, -0.2) is 4.39 Å². The highest BCUT2D eigenvalue weighted by molar-refractivity contribution is 5.85. The Bertz CT molecular complexity index is 390. The molecule has 1 aromatic carbocycles. The molecule has 0 bridgehead atoms. The van der Waals surface area contributed by atoms with Crippen molar-refractivity contribution in [2.24, 2.45) is 0 Å². The normalized spacial score (nSPS) is 18.2. The lowest BCUT2D eigenvalue weighted by Crippen LogP contribution is -2.41. The van der Waals surface area contributed by atoms with Gasteiger partial charge in [0, 0.05) is 13.6 Å². The Kier molecular flexibility index (Phi) is 5.56. The van der Waals surface area contributed by atoms with Gasteiger partial charge in [-0.2, -0.15) is 0 Å². The van der Waals surface area contributed by atoms with Crippen molar-refractivity contribution in [3.05, 3.63) is 35.6 Å². The molecule has 1 aromatic rings. The SMILES string of the molecule is CN(Cc1ccc(F)cc1)C(=O)C1CCCN1.Cl. The van der Waals surface area contributed by atoms with Crippen molar-refractivity contribution in [2.45, 2.75) is 25.4 Å². The van der Waals surface area contributed by atoms with Crippen LogP contribution in [0.4, 0.5) is 4.39 Å². The highest BCUT2D eigenvalue weighted by Crippen LogP contribution is 2.11. The standard InChI is InChI=1S/C13H17FN2O.ClH/c1-16(13(17)12-3-2-8-15-12)9-10-4-6-11(14)7-5-10;/h4-7,12,15H,2-3,8-9H2,1H3;1H. The van der Waals surface area contributed by atoms with Crippen LogP contribution in [0.25, 0.3) is 0 Å². The van der Waals surface area contributed by atoms with E-state index in [4.69, 9.17) is 0 Å². The maximum atomic E-state index is 12.7. The molecule has 1 aliphatic heterocycles. The van der Waals surface area contributed by atoms with Gasteiger partial charge >= 0.3 is 0 Å². The van der Waals surface area contributed by atoms with Gasteiger partial charge in [0.2, 0.25) is 5.91 Å². The predicted molar refractivity (Wildman–Crippen MR) is 71.1 cm³/mol. The number of benzene rings is 1. The summed E-state index contributed by atoms with van der Waals surface area (Å²) < 4.78 is 12.7. The molecule has 1 unspecified atom stereocenters. The summed E-state index contributed by atoms with van der Waals surface area (Å²) >= 11 is 0. The second-order valence-corrected chi connectivity index (χ2v) is 4.47. The number of carbonyl (C=O) groups excluding carboxylic acids is 1. The van der Waals surface area contributed by atoms with Crippen LogP contribution in [0.3, 0.4) is 0 Å². The van der Waals surface area contributed by atoms with Crippen molar-refractivity contribution in [1.29, 1.82) is 0 Å². The van der Waals surface area contributed by atoms with Crippen LogP contribution in [0.15, 0.2) is 24.3 Å². The highest BCUT2D eigenvalue weighted by Gasteiger charge is 2.24. The van der Waals surface area contributed by atoms with E-state index >= 15 is 0 Å². The third kappa shape index (κ3) is 3.68. The second-order valence-electron chi connectivity index (χ2n) is 4.47. The third-order valence-electron chi connectivity index (χ3n) is 3.07. The number of amides is 1. The summed E-state index contributed by atoms with van der Waals surface area (Å²) in [5, 5.41) is 3.18. The van der Waals surface area contributed by atoms with Gasteiger partial charge in [0.05, 0.1) is 6.04 Å². The van der Waals surface area contributed by atoms with E-state index in [0.29, 0.717) is 6.54 Å². The van der Waals surface area contributed by atoms with Crippen LogP contribution in [0, 0.1) is 5.82 Å². The monoisotopic (exact) mass is 272 g/mol. The zero-order valence-corrected chi connectivity index (χ0v) is 11.2. The average molecular weight is 273 g/mol. The van der Waals surface area contributed by atoms with Gasteiger partial charge in [0.1, 0.15) is 5.82 Å². The smallest absolute Gasteiger partial charge is 0.239 e. The van der Waals surface area contributed by atoms with Crippen molar-refractivity contribution in [1.82, 2.24) is 10.2 Å². The van der Waals surface area contributed by atoms with E-state index in [1.54, 1.807) is 24.1 Å². The fourth-order valence-electron chi connectivity index (χ4n) is 2.10. The van der Waals surface area contributed by atoms with E-state index in [9.17, 15) is 9.18 Å². The molecule has 0 saturated carbocycles. The van der Waals surface area contributed by atoms with Gasteiger partial charge in [-0.05, 0) is 37.1 Å². The number of hydrogen-bond donors (Lipinski definition) is 1. The molecular formula is C13H18ClFN2O. The van der Waals surface area contributed by atoms with Crippen LogP contribution in [0.1, 0.15) is 18.4 Å². The van der Waals surface area contributed by atoms with E-state index in [-0.39, 0.29) is 30.2 Å². The Labute approximate surface area is 113 Å². The molecule has 0 spiro atoms. The minimum Gasteiger partial charge on any atom is -0.340 e. The van der Waals surface area contributed by atoms with Crippen molar-refractivity contribution in [2.75, 3.05) is 13.6 Å². The highest BCUT2D eigenvalue weighted by atomic mass is 35.5. The number of rotatable bonds is 3. The lowest BCUT2D eigenvalue weighted by atomic mass is 10.1. The van der Waals surface area contributed by atoms with Crippen LogP contribution in [0.5, 0.6) is 0 Å². The molecule has 5 heteroatoms. The first-order valence-electron chi connectivity index (χ1n) is 5.89. The number of hydrogen-bond acceptors (Lipinski definition) is 2. The van der Waals surface area contributed by atoms with Crippen LogP contribution in [-0.2, 0) is 11.3 Å². The average Bonchev–Trinajstić information content (AvgIpc) is 2.84. The van der Waals surface area contributed by atoms with E-state index < -0.39 is 0 Å². The summed E-state index contributed by atoms with van der Waals surface area (Å²) in [7, 11) is 1.78. The molecule has 0 aromatic heterocycles. The lowest BCUT2D eigenvalue weighted by molar-refractivity contribution is -0.132. The Morgan fingerprint density at radius 2 is 2.11 bits per heavy atom. The molecule has 18 heavy (non-hydrogen) atoms. The van der Waals surface area contributed by atoms with Gasteiger partial charge in [-0.1, -0.05) is 12.1 Å². The number of carbonyl (C=O) groups is 1. The molecule has 1 aliphatic rings. The maximum Gasteiger partial charge on any atom is 0.239 e. The molecule has 1 amide bonds. The Morgan fingerprint density at radius 3 is 2.67 bits per heavy atom. The molecule has 1 fully saturated rings. The quantitative estimate of drug-likeness (QED) is 0.912. The lowest BCUT2D eigenvalue weighted by Gasteiger charge is -2.21. The van der Waals surface area contributed by atoms with Crippen LogP contribution >= 0.6 is 12.4 Å². The molecule has 1 saturated heterocycles. The topological polar surface area (TPSA) is 32.3 Å². The zero-order chi connectivity index (χ0) is 12.3. The van der Waals surface area contributed by atoms with Crippen LogP contribution in [-0.4, -0.2) is 30.4 Å². The maximum absolute atomic E-state index is 12.7. The summed E-state index contributed by atoms with van der Waals surface area (Å²) in [5.41, 5.74) is 0.945. The van der Waals surface area contributed by atoms with E-state index in [1.807, 2.05) is 0 Å². The number of nitrogens with one attached hydrogen (secondary N) is 1. The number of likely N-dealkylation sites (N-methyl/N-ethyl adjacent to an activating group) is 1. The van der Waals surface area contributed by atoms with Gasteiger partial charge in [-0.15, -0.1) is 12.4 Å². The van der Waals surface area contributed by atoms with Gasteiger partial charge in [0.15, 0.2) is 0 Å². The summed E-state index contributed by atoms with van der Waals surface area (Å²) in [6, 6.07) is 6.21. The van der Waals surface area contributed by atoms with E-state index in [2.05, 4.69) is 5.32 Å². The summed E-state index contributed by atoms with van der Waals surface area (Å²) in [6.07, 6.45) is 1.97. The van der Waals surface area contributed by atoms with E-state index in [0.717, 1.165) is 24.9 Å². The summed E-state index contributed by atoms with van der Waals surface area (Å²) in [5.74, 6) is -0.132. The molecule has 2 rings (SSSR count). The summed E-state index contributed by atoms with van der Waals surface area (Å²) in [6.45, 7) is 1.44.